The molecule has 0 amide bonds. The van der Waals surface area contributed by atoms with Crippen molar-refractivity contribution in [1.29, 1.82) is 0 Å². The van der Waals surface area contributed by atoms with Gasteiger partial charge in [0.25, 0.3) is 0 Å². The van der Waals surface area contributed by atoms with Crippen molar-refractivity contribution < 1.29 is 5.11 Å². The molecule has 0 radical (unpaired) electrons. The number of anilines is 3. The van der Waals surface area contributed by atoms with Crippen LogP contribution in [0, 0.1) is 0 Å². The first-order valence-electron chi connectivity index (χ1n) is 7.80. The molecule has 1 aliphatic heterocycles. The molecule has 4 rings (SSSR count). The number of hydrogen-bond donors (Lipinski definition) is 2. The molecule has 1 fully saturated rings. The molecule has 1 saturated heterocycles. The predicted octanol–water partition coefficient (Wildman–Crippen LogP) is 2.94. The lowest BCUT2D eigenvalue weighted by molar-refractivity contribution is 0.198. The molecule has 1 atom stereocenters. The Hall–Kier alpha value is -2.66. The average Bonchev–Trinajstić information content (AvgIpc) is 3.02. The minimum absolute atomic E-state index is 0.209. The van der Waals surface area contributed by atoms with E-state index in [1.807, 2.05) is 42.6 Å². The van der Waals surface area contributed by atoms with Crippen molar-refractivity contribution in [2.75, 3.05) is 23.3 Å². The van der Waals surface area contributed by atoms with Crippen LogP contribution in [0.15, 0.2) is 54.7 Å². The average molecular weight is 306 g/mol. The summed E-state index contributed by atoms with van der Waals surface area (Å²) in [4.78, 5) is 11.1. The van der Waals surface area contributed by atoms with E-state index in [9.17, 15) is 5.11 Å². The Labute approximate surface area is 134 Å². The monoisotopic (exact) mass is 306 g/mol. The van der Waals surface area contributed by atoms with Crippen LogP contribution < -0.4 is 10.2 Å². The predicted molar refractivity (Wildman–Crippen MR) is 92.1 cm³/mol. The largest absolute Gasteiger partial charge is 0.391 e. The molecule has 0 bridgehead atoms. The van der Waals surface area contributed by atoms with E-state index in [0.29, 0.717) is 12.5 Å². The Morgan fingerprint density at radius 3 is 2.70 bits per heavy atom. The molecule has 0 spiro atoms. The topological polar surface area (TPSA) is 61.3 Å². The summed E-state index contributed by atoms with van der Waals surface area (Å²) in [6.45, 7) is 1.61. The van der Waals surface area contributed by atoms with E-state index in [0.717, 1.165) is 35.2 Å². The molecule has 2 N–H and O–H groups in total. The summed E-state index contributed by atoms with van der Waals surface area (Å²) in [6.07, 6.45) is 2.45. The van der Waals surface area contributed by atoms with Gasteiger partial charge in [-0.3, -0.25) is 0 Å². The fourth-order valence-electron chi connectivity index (χ4n) is 2.89. The molecule has 1 unspecified atom stereocenters. The molecule has 5 heteroatoms. The number of rotatable bonds is 3. The van der Waals surface area contributed by atoms with Gasteiger partial charge in [-0.1, -0.05) is 18.2 Å². The van der Waals surface area contributed by atoms with E-state index >= 15 is 0 Å². The zero-order valence-corrected chi connectivity index (χ0v) is 12.7. The molecule has 2 heterocycles. The van der Waals surface area contributed by atoms with Crippen molar-refractivity contribution in [1.82, 2.24) is 9.97 Å². The van der Waals surface area contributed by atoms with Gasteiger partial charge in [0, 0.05) is 36.0 Å². The molecule has 116 valence electrons. The summed E-state index contributed by atoms with van der Waals surface area (Å²) < 4.78 is 0. The molecule has 1 aliphatic rings. The number of aliphatic hydroxyl groups excluding tert-OH is 1. The summed E-state index contributed by atoms with van der Waals surface area (Å²) in [5, 5.41) is 13.9. The van der Waals surface area contributed by atoms with E-state index in [2.05, 4.69) is 32.3 Å². The third kappa shape index (κ3) is 2.96. The minimum atomic E-state index is -0.209. The maximum atomic E-state index is 9.63. The number of hydrogen-bond acceptors (Lipinski definition) is 5. The highest BCUT2D eigenvalue weighted by Gasteiger charge is 2.20. The number of nitrogens with one attached hydrogen (secondary N) is 1. The molecule has 5 nitrogen and oxygen atoms in total. The zero-order valence-electron chi connectivity index (χ0n) is 12.7. The summed E-state index contributed by atoms with van der Waals surface area (Å²) in [5.41, 5.74) is 3.00. The van der Waals surface area contributed by atoms with E-state index < -0.39 is 0 Å². The van der Waals surface area contributed by atoms with Crippen LogP contribution in [0.4, 0.5) is 17.3 Å². The van der Waals surface area contributed by atoms with Crippen LogP contribution in [0.3, 0.4) is 0 Å². The third-order valence-electron chi connectivity index (χ3n) is 4.14. The first-order valence-corrected chi connectivity index (χ1v) is 7.80. The molecule has 2 aromatic carbocycles. The van der Waals surface area contributed by atoms with Crippen molar-refractivity contribution >= 4 is 28.2 Å². The van der Waals surface area contributed by atoms with Gasteiger partial charge in [0.1, 0.15) is 0 Å². The number of fused-ring (bicyclic) bond motifs is 1. The molecular weight excluding hydrogens is 288 g/mol. The summed E-state index contributed by atoms with van der Waals surface area (Å²) in [7, 11) is 0. The maximum absolute atomic E-state index is 9.63. The second-order valence-corrected chi connectivity index (χ2v) is 5.81. The normalized spacial score (nSPS) is 17.6. The van der Waals surface area contributed by atoms with Crippen molar-refractivity contribution in [2.24, 2.45) is 0 Å². The SMILES string of the molecule is OC1CCN(c2ccc(Nc3ncc4ccccc4n3)cc2)C1. The highest BCUT2D eigenvalue weighted by Crippen LogP contribution is 2.23. The maximum Gasteiger partial charge on any atom is 0.227 e. The molecule has 23 heavy (non-hydrogen) atoms. The molecule has 1 aromatic heterocycles. The molecule has 0 aliphatic carbocycles. The molecule has 0 saturated carbocycles. The van der Waals surface area contributed by atoms with Crippen LogP contribution in [0.25, 0.3) is 10.9 Å². The van der Waals surface area contributed by atoms with Gasteiger partial charge < -0.3 is 15.3 Å². The van der Waals surface area contributed by atoms with Gasteiger partial charge in [-0.2, -0.15) is 0 Å². The lowest BCUT2D eigenvalue weighted by Crippen LogP contribution is -2.20. The highest BCUT2D eigenvalue weighted by atomic mass is 16.3. The van der Waals surface area contributed by atoms with Crippen LogP contribution in [0.2, 0.25) is 0 Å². The number of β-amino-alcohol motifs (C(OH)–C–C–N with tert-alkyl or cyclic N) is 1. The van der Waals surface area contributed by atoms with Crippen molar-refractivity contribution in [2.45, 2.75) is 12.5 Å². The Balaban J connectivity index is 1.51. The Bertz CT molecular complexity index is 819. The van der Waals surface area contributed by atoms with E-state index in [4.69, 9.17) is 0 Å². The lowest BCUT2D eigenvalue weighted by Gasteiger charge is -2.18. The molecule has 3 aromatic rings. The summed E-state index contributed by atoms with van der Waals surface area (Å²) in [5.74, 6) is 0.591. The second kappa shape index (κ2) is 5.85. The van der Waals surface area contributed by atoms with Gasteiger partial charge in [0.2, 0.25) is 5.95 Å². The highest BCUT2D eigenvalue weighted by molar-refractivity contribution is 5.78. The van der Waals surface area contributed by atoms with Crippen molar-refractivity contribution in [3.63, 3.8) is 0 Å². The van der Waals surface area contributed by atoms with Gasteiger partial charge in [-0.05, 0) is 36.8 Å². The van der Waals surface area contributed by atoms with Crippen LogP contribution in [0.1, 0.15) is 6.42 Å². The van der Waals surface area contributed by atoms with Gasteiger partial charge in [-0.25, -0.2) is 9.97 Å². The lowest BCUT2D eigenvalue weighted by atomic mass is 10.2. The van der Waals surface area contributed by atoms with Crippen molar-refractivity contribution in [3.05, 3.63) is 54.7 Å². The Morgan fingerprint density at radius 2 is 1.91 bits per heavy atom. The fraction of sp³-hybridized carbons (Fsp3) is 0.222. The van der Waals surface area contributed by atoms with Gasteiger partial charge >= 0.3 is 0 Å². The van der Waals surface area contributed by atoms with Gasteiger partial charge in [-0.15, -0.1) is 0 Å². The number of benzene rings is 2. The first kappa shape index (κ1) is 14.0. The van der Waals surface area contributed by atoms with Crippen LogP contribution in [-0.2, 0) is 0 Å². The van der Waals surface area contributed by atoms with E-state index in [1.165, 1.54) is 0 Å². The van der Waals surface area contributed by atoms with Gasteiger partial charge in [0.15, 0.2) is 0 Å². The number of aliphatic hydroxyl groups is 1. The quantitative estimate of drug-likeness (QED) is 0.779. The Kier molecular flexibility index (Phi) is 3.55. The fourth-order valence-corrected chi connectivity index (χ4v) is 2.89. The second-order valence-electron chi connectivity index (χ2n) is 5.81. The standard InChI is InChI=1S/C18H18N4O/c23-16-9-10-22(12-16)15-7-5-14(6-8-15)20-18-19-11-13-3-1-2-4-17(13)21-18/h1-8,11,16,23H,9-10,12H2,(H,19,20,21). The zero-order chi connectivity index (χ0) is 15.6. The number of nitrogens with zero attached hydrogens (tertiary/aromatic N) is 3. The van der Waals surface area contributed by atoms with E-state index in [1.54, 1.807) is 0 Å². The summed E-state index contributed by atoms with van der Waals surface area (Å²) >= 11 is 0. The smallest absolute Gasteiger partial charge is 0.227 e. The van der Waals surface area contributed by atoms with E-state index in [-0.39, 0.29) is 6.10 Å². The van der Waals surface area contributed by atoms with Crippen LogP contribution >= 0.6 is 0 Å². The number of aromatic nitrogens is 2. The third-order valence-corrected chi connectivity index (χ3v) is 4.14. The van der Waals surface area contributed by atoms with Crippen LogP contribution in [0.5, 0.6) is 0 Å². The van der Waals surface area contributed by atoms with Crippen LogP contribution in [-0.4, -0.2) is 34.3 Å². The molecular formula is C18H18N4O. The van der Waals surface area contributed by atoms with Crippen molar-refractivity contribution in [3.8, 4) is 0 Å². The minimum Gasteiger partial charge on any atom is -0.391 e. The Morgan fingerprint density at radius 1 is 1.09 bits per heavy atom. The number of para-hydroxylation sites is 1. The summed E-state index contributed by atoms with van der Waals surface area (Å²) in [6, 6.07) is 16.1. The first-order chi connectivity index (χ1) is 11.3. The van der Waals surface area contributed by atoms with Gasteiger partial charge in [0.05, 0.1) is 11.6 Å².